The molecule has 0 unspecified atom stereocenters. The third-order valence-electron chi connectivity index (χ3n) is 6.37. The molecule has 0 aliphatic heterocycles. The second-order valence-electron chi connectivity index (χ2n) is 11.6. The van der Waals surface area contributed by atoms with E-state index in [0.29, 0.717) is 23.1 Å². The predicted octanol–water partition coefficient (Wildman–Crippen LogP) is 4.65. The van der Waals surface area contributed by atoms with Crippen LogP contribution in [0.1, 0.15) is 103 Å². The monoisotopic (exact) mass is 459 g/mol. The third-order valence-corrected chi connectivity index (χ3v) is 6.37. The van der Waals surface area contributed by atoms with Gasteiger partial charge in [-0.3, -0.25) is 9.59 Å². The highest BCUT2D eigenvalue weighted by Crippen LogP contribution is 2.31. The maximum atomic E-state index is 12.7. The van der Waals surface area contributed by atoms with Gasteiger partial charge in [0.25, 0.3) is 5.91 Å². The van der Waals surface area contributed by atoms with Crippen molar-refractivity contribution >= 4 is 11.8 Å². The van der Waals surface area contributed by atoms with Gasteiger partial charge in [-0.15, -0.1) is 0 Å². The maximum Gasteiger partial charge on any atom is 0.251 e. The summed E-state index contributed by atoms with van der Waals surface area (Å²) in [6.07, 6.45) is 6.48. The molecule has 0 aromatic heterocycles. The number of amides is 2. The van der Waals surface area contributed by atoms with Crippen molar-refractivity contribution < 1.29 is 14.7 Å². The second-order valence-corrected chi connectivity index (χ2v) is 11.6. The molecule has 0 spiro atoms. The smallest absolute Gasteiger partial charge is 0.251 e. The zero-order valence-corrected chi connectivity index (χ0v) is 21.7. The van der Waals surface area contributed by atoms with Crippen LogP contribution in [0.2, 0.25) is 0 Å². The molecule has 2 amide bonds. The van der Waals surface area contributed by atoms with Gasteiger partial charge in [-0.05, 0) is 76.0 Å². The lowest BCUT2D eigenvalue weighted by molar-refractivity contribution is -0.121. The molecule has 6 nitrogen and oxygen atoms in total. The highest BCUT2D eigenvalue weighted by molar-refractivity contribution is 5.96. The Kier molecular flexibility index (Phi) is 9.36. The van der Waals surface area contributed by atoms with Crippen molar-refractivity contribution in [2.45, 2.75) is 110 Å². The Hall–Kier alpha value is -2.08. The number of hydrogen-bond donors (Lipinski definition) is 4. The number of unbranched alkanes of at least 4 members (excludes halogenated alkanes) is 1. The number of carbonyl (C=O) groups is 2. The summed E-state index contributed by atoms with van der Waals surface area (Å²) >= 11 is 0. The number of aromatic hydroxyl groups is 1. The van der Waals surface area contributed by atoms with Crippen LogP contribution in [-0.4, -0.2) is 41.1 Å². The van der Waals surface area contributed by atoms with E-state index in [9.17, 15) is 14.7 Å². The molecule has 0 heterocycles. The molecule has 1 aromatic rings. The molecule has 2 rings (SSSR count). The largest absolute Gasteiger partial charge is 0.508 e. The summed E-state index contributed by atoms with van der Waals surface area (Å²) in [5.41, 5.74) is 0.951. The summed E-state index contributed by atoms with van der Waals surface area (Å²) < 4.78 is 0. The Morgan fingerprint density at radius 2 is 1.79 bits per heavy atom. The van der Waals surface area contributed by atoms with Crippen LogP contribution in [0.15, 0.2) is 18.2 Å². The molecule has 0 radical (unpaired) electrons. The fourth-order valence-electron chi connectivity index (χ4n) is 4.78. The molecule has 4 N–H and O–H groups in total. The van der Waals surface area contributed by atoms with E-state index < -0.39 is 0 Å². The first kappa shape index (κ1) is 27.2. The maximum absolute atomic E-state index is 12.7. The lowest BCUT2D eigenvalue weighted by Gasteiger charge is -2.40. The topological polar surface area (TPSA) is 90.5 Å². The summed E-state index contributed by atoms with van der Waals surface area (Å²) in [6, 6.07) is 5.46. The molecule has 1 aromatic carbocycles. The van der Waals surface area contributed by atoms with Crippen LogP contribution in [0, 0.1) is 5.92 Å². The molecule has 1 fully saturated rings. The number of hydrogen-bond acceptors (Lipinski definition) is 4. The van der Waals surface area contributed by atoms with Crippen molar-refractivity contribution in [3.05, 3.63) is 29.3 Å². The average Bonchev–Trinajstić information content (AvgIpc) is 2.70. The predicted molar refractivity (Wildman–Crippen MR) is 135 cm³/mol. The van der Waals surface area contributed by atoms with Crippen molar-refractivity contribution in [1.82, 2.24) is 16.0 Å². The van der Waals surface area contributed by atoms with Gasteiger partial charge >= 0.3 is 0 Å². The number of carbonyl (C=O) groups excluding carboxylic acids is 2. The van der Waals surface area contributed by atoms with Crippen LogP contribution in [0.5, 0.6) is 5.75 Å². The van der Waals surface area contributed by atoms with Crippen LogP contribution >= 0.6 is 0 Å². The van der Waals surface area contributed by atoms with Crippen LogP contribution in [0.4, 0.5) is 0 Å². The fourth-order valence-corrected chi connectivity index (χ4v) is 4.78. The summed E-state index contributed by atoms with van der Waals surface area (Å²) in [7, 11) is 0. The van der Waals surface area contributed by atoms with Crippen molar-refractivity contribution in [1.29, 1.82) is 0 Å². The first-order chi connectivity index (χ1) is 15.3. The molecular weight excluding hydrogens is 414 g/mol. The Morgan fingerprint density at radius 1 is 1.09 bits per heavy atom. The number of rotatable bonds is 8. The molecule has 3 atom stereocenters. The lowest BCUT2D eigenvalue weighted by Crippen LogP contribution is -2.52. The Balaban J connectivity index is 1.94. The van der Waals surface area contributed by atoms with E-state index in [1.165, 1.54) is 6.07 Å². The van der Waals surface area contributed by atoms with Gasteiger partial charge in [0.2, 0.25) is 5.91 Å². The van der Waals surface area contributed by atoms with E-state index in [1.54, 1.807) is 12.1 Å². The van der Waals surface area contributed by atoms with Gasteiger partial charge in [-0.25, -0.2) is 0 Å². The molecule has 0 saturated heterocycles. The molecule has 0 bridgehead atoms. The first-order valence-electron chi connectivity index (χ1n) is 12.5. The van der Waals surface area contributed by atoms with Crippen LogP contribution in [0.3, 0.4) is 0 Å². The SMILES string of the molecule is CCCC[C@@H]1C[C@H](NC(C)(C)C)CC[C@@H]1NC(=O)CNC(=O)c1ccc(O)c(C(C)(C)C)c1. The third kappa shape index (κ3) is 8.65. The molecule has 1 aliphatic rings. The summed E-state index contributed by atoms with van der Waals surface area (Å²) in [5, 5.41) is 19.8. The fraction of sp³-hybridized carbons (Fsp3) is 0.704. The molecule has 1 saturated carbocycles. The normalized spacial score (nSPS) is 21.5. The van der Waals surface area contributed by atoms with Gasteiger partial charge in [0.1, 0.15) is 5.75 Å². The van der Waals surface area contributed by atoms with Gasteiger partial charge in [-0.1, -0.05) is 40.5 Å². The van der Waals surface area contributed by atoms with Crippen LogP contribution in [-0.2, 0) is 10.2 Å². The van der Waals surface area contributed by atoms with Crippen LogP contribution < -0.4 is 16.0 Å². The number of phenols is 1. The van der Waals surface area contributed by atoms with Crippen molar-refractivity contribution in [3.8, 4) is 5.75 Å². The Labute approximate surface area is 200 Å². The number of benzene rings is 1. The average molecular weight is 460 g/mol. The summed E-state index contributed by atoms with van der Waals surface area (Å²) in [5.74, 6) is 0.166. The minimum Gasteiger partial charge on any atom is -0.508 e. The number of phenolic OH excluding ortho intramolecular Hbond substituents is 1. The van der Waals surface area contributed by atoms with Crippen LogP contribution in [0.25, 0.3) is 0 Å². The minimum absolute atomic E-state index is 0.0504. The van der Waals surface area contributed by atoms with Crippen molar-refractivity contribution in [2.24, 2.45) is 5.92 Å². The summed E-state index contributed by atoms with van der Waals surface area (Å²) in [4.78, 5) is 25.3. The molecule has 33 heavy (non-hydrogen) atoms. The van der Waals surface area contributed by atoms with Gasteiger partial charge in [0.15, 0.2) is 0 Å². The van der Waals surface area contributed by atoms with E-state index in [4.69, 9.17) is 0 Å². The van der Waals surface area contributed by atoms with Crippen molar-refractivity contribution in [3.63, 3.8) is 0 Å². The minimum atomic E-state index is -0.309. The highest BCUT2D eigenvalue weighted by atomic mass is 16.3. The van der Waals surface area contributed by atoms with E-state index in [1.807, 2.05) is 20.8 Å². The summed E-state index contributed by atoms with van der Waals surface area (Å²) in [6.45, 7) is 14.7. The Bertz CT molecular complexity index is 808. The number of nitrogens with one attached hydrogen (secondary N) is 3. The second kappa shape index (κ2) is 11.4. The van der Waals surface area contributed by atoms with Gasteiger partial charge in [0, 0.05) is 28.7 Å². The van der Waals surface area contributed by atoms with Gasteiger partial charge in [0.05, 0.1) is 6.54 Å². The van der Waals surface area contributed by atoms with Gasteiger partial charge in [-0.2, -0.15) is 0 Å². The van der Waals surface area contributed by atoms with Crippen molar-refractivity contribution in [2.75, 3.05) is 6.54 Å². The standard InChI is InChI=1S/C27H45N3O3/c1-8-9-10-18-15-20(30-27(5,6)7)12-13-22(18)29-24(32)17-28-25(33)19-11-14-23(31)21(16-19)26(2,3)4/h11,14,16,18,20,22,30-31H,8-10,12-13,15,17H2,1-7H3,(H,28,33)(H,29,32)/t18-,20-,22+/m1/s1. The quantitative estimate of drug-likeness (QED) is 0.455. The van der Waals surface area contributed by atoms with E-state index in [0.717, 1.165) is 38.5 Å². The zero-order valence-electron chi connectivity index (χ0n) is 21.7. The Morgan fingerprint density at radius 3 is 2.39 bits per heavy atom. The van der Waals surface area contributed by atoms with Gasteiger partial charge < -0.3 is 21.1 Å². The highest BCUT2D eigenvalue weighted by Gasteiger charge is 2.32. The molecule has 1 aliphatic carbocycles. The van der Waals surface area contributed by atoms with E-state index in [2.05, 4.69) is 43.6 Å². The molecular formula is C27H45N3O3. The first-order valence-corrected chi connectivity index (χ1v) is 12.5. The van der Waals surface area contributed by atoms with E-state index >= 15 is 0 Å². The molecule has 6 heteroatoms. The zero-order chi connectivity index (χ0) is 24.8. The molecule has 186 valence electrons. The van der Waals surface area contributed by atoms with E-state index in [-0.39, 0.29) is 41.1 Å². The lowest BCUT2D eigenvalue weighted by atomic mass is 9.78.